The van der Waals surface area contributed by atoms with Gasteiger partial charge in [0, 0.05) is 5.56 Å². The van der Waals surface area contributed by atoms with Crippen LogP contribution < -0.4 is 9.47 Å². The van der Waals surface area contributed by atoms with Gasteiger partial charge < -0.3 is 14.6 Å². The molecule has 0 heterocycles. The molecular weight excluding hydrogens is 228 g/mol. The van der Waals surface area contributed by atoms with Crippen molar-refractivity contribution in [2.75, 3.05) is 14.2 Å². The van der Waals surface area contributed by atoms with Crippen LogP contribution >= 0.6 is 0 Å². The molecule has 1 atom stereocenters. The Kier molecular flexibility index (Phi) is 5.03. The van der Waals surface area contributed by atoms with Crippen LogP contribution in [0.15, 0.2) is 0 Å². The van der Waals surface area contributed by atoms with Crippen LogP contribution in [-0.2, 0) is 6.42 Å². The van der Waals surface area contributed by atoms with Gasteiger partial charge in [0.15, 0.2) is 0 Å². The van der Waals surface area contributed by atoms with Crippen molar-refractivity contribution in [3.05, 3.63) is 22.3 Å². The Labute approximate surface area is 110 Å². The Morgan fingerprint density at radius 1 is 0.944 bits per heavy atom. The molecule has 0 aliphatic heterocycles. The largest absolute Gasteiger partial charge is 0.496 e. The highest BCUT2D eigenvalue weighted by molar-refractivity contribution is 5.58. The predicted octanol–water partition coefficient (Wildman–Crippen LogP) is 2.94. The van der Waals surface area contributed by atoms with Crippen LogP contribution in [0.25, 0.3) is 0 Å². The molecule has 0 spiro atoms. The molecule has 1 aromatic rings. The molecule has 1 unspecified atom stereocenters. The van der Waals surface area contributed by atoms with Gasteiger partial charge in [-0.25, -0.2) is 0 Å². The van der Waals surface area contributed by atoms with E-state index >= 15 is 0 Å². The summed E-state index contributed by atoms with van der Waals surface area (Å²) in [6.45, 7) is 7.94. The van der Waals surface area contributed by atoms with E-state index in [1.54, 1.807) is 21.1 Å². The summed E-state index contributed by atoms with van der Waals surface area (Å²) in [5.74, 6) is 1.85. The number of hydrogen-bond donors (Lipinski definition) is 1. The van der Waals surface area contributed by atoms with Crippen LogP contribution in [0.5, 0.6) is 11.5 Å². The van der Waals surface area contributed by atoms with Crippen molar-refractivity contribution in [2.45, 2.75) is 46.6 Å². The first-order chi connectivity index (χ1) is 8.43. The number of hydrogen-bond acceptors (Lipinski definition) is 3. The predicted molar refractivity (Wildman–Crippen MR) is 73.8 cm³/mol. The van der Waals surface area contributed by atoms with Crippen LogP contribution in [0.4, 0.5) is 0 Å². The zero-order valence-corrected chi connectivity index (χ0v) is 12.3. The summed E-state index contributed by atoms with van der Waals surface area (Å²) in [6.07, 6.45) is 1.22. The first-order valence-corrected chi connectivity index (χ1v) is 6.32. The summed E-state index contributed by atoms with van der Waals surface area (Å²) < 4.78 is 11.0. The highest BCUT2D eigenvalue weighted by atomic mass is 16.5. The van der Waals surface area contributed by atoms with Gasteiger partial charge in [-0.15, -0.1) is 0 Å². The molecule has 1 N–H and O–H groups in total. The van der Waals surface area contributed by atoms with Crippen LogP contribution in [0, 0.1) is 20.8 Å². The molecule has 1 aromatic carbocycles. The van der Waals surface area contributed by atoms with Gasteiger partial charge in [-0.05, 0) is 57.2 Å². The lowest BCUT2D eigenvalue weighted by atomic mass is 9.94. The van der Waals surface area contributed by atoms with Crippen molar-refractivity contribution in [2.24, 2.45) is 0 Å². The summed E-state index contributed by atoms with van der Waals surface area (Å²) in [7, 11) is 3.39. The molecule has 0 aliphatic rings. The second-order valence-electron chi connectivity index (χ2n) is 4.81. The SMILES string of the molecule is COc1c(C)c(C)c(OC)c(CCC(C)O)c1C. The van der Waals surface area contributed by atoms with Gasteiger partial charge >= 0.3 is 0 Å². The molecule has 0 radical (unpaired) electrons. The van der Waals surface area contributed by atoms with Crippen molar-refractivity contribution >= 4 is 0 Å². The van der Waals surface area contributed by atoms with E-state index in [0.29, 0.717) is 0 Å². The maximum atomic E-state index is 9.45. The number of aliphatic hydroxyl groups is 1. The lowest BCUT2D eigenvalue weighted by Gasteiger charge is -2.20. The third-order valence-electron chi connectivity index (χ3n) is 3.53. The van der Waals surface area contributed by atoms with Crippen LogP contribution in [0.1, 0.15) is 35.6 Å². The van der Waals surface area contributed by atoms with Gasteiger partial charge in [0.05, 0.1) is 20.3 Å². The summed E-state index contributed by atoms with van der Waals surface area (Å²) in [5, 5.41) is 9.45. The molecule has 0 aromatic heterocycles. The lowest BCUT2D eigenvalue weighted by molar-refractivity contribution is 0.184. The molecule has 102 valence electrons. The maximum absolute atomic E-state index is 9.45. The summed E-state index contributed by atoms with van der Waals surface area (Å²) >= 11 is 0. The average Bonchev–Trinajstić information content (AvgIpc) is 2.32. The first-order valence-electron chi connectivity index (χ1n) is 6.32. The van der Waals surface area contributed by atoms with Gasteiger partial charge in [0.1, 0.15) is 11.5 Å². The smallest absolute Gasteiger partial charge is 0.125 e. The Hall–Kier alpha value is -1.22. The minimum absolute atomic E-state index is 0.304. The zero-order valence-electron chi connectivity index (χ0n) is 12.3. The standard InChI is InChI=1S/C15H24O3/c1-9(16)7-8-13-12(4)14(17-5)10(2)11(3)15(13)18-6/h9,16H,7-8H2,1-6H3. The molecule has 0 saturated carbocycles. The Balaban J connectivity index is 3.32. The maximum Gasteiger partial charge on any atom is 0.125 e. The molecule has 0 amide bonds. The van der Waals surface area contributed by atoms with Crippen molar-refractivity contribution in [3.8, 4) is 11.5 Å². The molecule has 0 saturated heterocycles. The van der Waals surface area contributed by atoms with E-state index in [1.165, 1.54) is 0 Å². The molecule has 3 nitrogen and oxygen atoms in total. The Morgan fingerprint density at radius 3 is 1.89 bits per heavy atom. The Bertz CT molecular complexity index is 422. The van der Waals surface area contributed by atoms with Crippen LogP contribution in [0.3, 0.4) is 0 Å². The van der Waals surface area contributed by atoms with E-state index in [9.17, 15) is 5.11 Å². The number of ether oxygens (including phenoxy) is 2. The Morgan fingerprint density at radius 2 is 1.44 bits per heavy atom. The topological polar surface area (TPSA) is 38.7 Å². The van der Waals surface area contributed by atoms with Crippen LogP contribution in [-0.4, -0.2) is 25.4 Å². The van der Waals surface area contributed by atoms with E-state index in [2.05, 4.69) is 0 Å². The molecule has 3 heteroatoms. The van der Waals surface area contributed by atoms with E-state index in [0.717, 1.165) is 46.6 Å². The minimum Gasteiger partial charge on any atom is -0.496 e. The number of methoxy groups -OCH3 is 2. The van der Waals surface area contributed by atoms with Crippen molar-refractivity contribution in [1.82, 2.24) is 0 Å². The fourth-order valence-electron chi connectivity index (χ4n) is 2.39. The molecule has 0 bridgehead atoms. The molecule has 0 fully saturated rings. The van der Waals surface area contributed by atoms with Gasteiger partial charge in [-0.3, -0.25) is 0 Å². The van der Waals surface area contributed by atoms with Gasteiger partial charge in [-0.1, -0.05) is 0 Å². The highest BCUT2D eigenvalue weighted by Gasteiger charge is 2.18. The van der Waals surface area contributed by atoms with Gasteiger partial charge in [0.2, 0.25) is 0 Å². The van der Waals surface area contributed by atoms with E-state index in [1.807, 2.05) is 20.8 Å². The second kappa shape index (κ2) is 6.10. The van der Waals surface area contributed by atoms with Crippen LogP contribution in [0.2, 0.25) is 0 Å². The van der Waals surface area contributed by atoms with Gasteiger partial charge in [-0.2, -0.15) is 0 Å². The van der Waals surface area contributed by atoms with Gasteiger partial charge in [0.25, 0.3) is 0 Å². The summed E-state index contributed by atoms with van der Waals surface area (Å²) in [6, 6.07) is 0. The van der Waals surface area contributed by atoms with E-state index in [4.69, 9.17) is 9.47 Å². The highest BCUT2D eigenvalue weighted by Crippen LogP contribution is 2.38. The average molecular weight is 252 g/mol. The minimum atomic E-state index is -0.304. The first kappa shape index (κ1) is 14.8. The lowest BCUT2D eigenvalue weighted by Crippen LogP contribution is -2.07. The normalized spacial score (nSPS) is 12.4. The molecule has 0 aliphatic carbocycles. The number of aliphatic hydroxyl groups excluding tert-OH is 1. The third-order valence-corrected chi connectivity index (χ3v) is 3.53. The summed E-state index contributed by atoms with van der Waals surface area (Å²) in [4.78, 5) is 0. The monoisotopic (exact) mass is 252 g/mol. The number of rotatable bonds is 5. The molecular formula is C15H24O3. The summed E-state index contributed by atoms with van der Waals surface area (Å²) in [5.41, 5.74) is 4.48. The quantitative estimate of drug-likeness (QED) is 0.875. The van der Waals surface area contributed by atoms with E-state index in [-0.39, 0.29) is 6.10 Å². The third kappa shape index (κ3) is 2.78. The number of benzene rings is 1. The molecule has 1 rings (SSSR count). The van der Waals surface area contributed by atoms with E-state index < -0.39 is 0 Å². The molecule has 18 heavy (non-hydrogen) atoms. The van der Waals surface area contributed by atoms with Crippen molar-refractivity contribution in [1.29, 1.82) is 0 Å². The second-order valence-corrected chi connectivity index (χ2v) is 4.81. The fourth-order valence-corrected chi connectivity index (χ4v) is 2.39. The fraction of sp³-hybridized carbons (Fsp3) is 0.600. The zero-order chi connectivity index (χ0) is 13.9. The van der Waals surface area contributed by atoms with Crippen molar-refractivity contribution < 1.29 is 14.6 Å². The van der Waals surface area contributed by atoms with Crippen molar-refractivity contribution in [3.63, 3.8) is 0 Å².